The van der Waals surface area contributed by atoms with Crippen molar-refractivity contribution in [3.8, 4) is 11.5 Å². The number of nitrogens with two attached hydrogens (primary N) is 1. The molecule has 0 bridgehead atoms. The van der Waals surface area contributed by atoms with Crippen molar-refractivity contribution < 1.29 is 4.74 Å². The molecular formula is C17H22N2O. The van der Waals surface area contributed by atoms with Gasteiger partial charge in [0, 0.05) is 30.1 Å². The van der Waals surface area contributed by atoms with E-state index in [2.05, 4.69) is 24.0 Å². The van der Waals surface area contributed by atoms with Crippen LogP contribution in [0.1, 0.15) is 36.6 Å². The first-order chi connectivity index (χ1) is 9.72. The Hall–Kier alpha value is -1.87. The summed E-state index contributed by atoms with van der Waals surface area (Å²) < 4.78 is 5.92. The zero-order valence-corrected chi connectivity index (χ0v) is 12.2. The maximum atomic E-state index is 5.92. The van der Waals surface area contributed by atoms with Gasteiger partial charge in [0.05, 0.1) is 0 Å². The lowest BCUT2D eigenvalue weighted by Gasteiger charge is -2.11. The SMILES string of the molecule is CCCCc1ccc(Oc2cc(C)ncc2CN)cc1. The van der Waals surface area contributed by atoms with Crippen LogP contribution in [-0.4, -0.2) is 4.98 Å². The van der Waals surface area contributed by atoms with Crippen molar-refractivity contribution in [2.24, 2.45) is 5.73 Å². The second-order valence-electron chi connectivity index (χ2n) is 4.99. The van der Waals surface area contributed by atoms with Crippen LogP contribution in [0.3, 0.4) is 0 Å². The molecule has 0 saturated carbocycles. The van der Waals surface area contributed by atoms with Crippen LogP contribution in [0.2, 0.25) is 0 Å². The largest absolute Gasteiger partial charge is 0.457 e. The Balaban J connectivity index is 2.11. The van der Waals surface area contributed by atoms with Gasteiger partial charge in [-0.05, 0) is 37.5 Å². The standard InChI is InChI=1S/C17H22N2O/c1-3-4-5-14-6-8-16(9-7-14)20-17-10-13(2)19-12-15(17)11-18/h6-10,12H,3-5,11,18H2,1-2H3. The maximum Gasteiger partial charge on any atom is 0.135 e. The molecule has 0 atom stereocenters. The summed E-state index contributed by atoms with van der Waals surface area (Å²) in [5.41, 5.74) is 8.91. The minimum absolute atomic E-state index is 0.428. The third-order valence-electron chi connectivity index (χ3n) is 3.27. The highest BCUT2D eigenvalue weighted by Gasteiger charge is 2.05. The van der Waals surface area contributed by atoms with E-state index < -0.39 is 0 Å². The van der Waals surface area contributed by atoms with Crippen molar-refractivity contribution in [3.05, 3.63) is 53.3 Å². The van der Waals surface area contributed by atoms with Gasteiger partial charge in [-0.1, -0.05) is 25.5 Å². The molecule has 0 radical (unpaired) electrons. The zero-order chi connectivity index (χ0) is 14.4. The van der Waals surface area contributed by atoms with Crippen LogP contribution < -0.4 is 10.5 Å². The fourth-order valence-electron chi connectivity index (χ4n) is 2.04. The number of nitrogens with zero attached hydrogens (tertiary/aromatic N) is 1. The van der Waals surface area contributed by atoms with E-state index in [1.807, 2.05) is 25.1 Å². The number of rotatable bonds is 6. The molecule has 0 aliphatic heterocycles. The second-order valence-corrected chi connectivity index (χ2v) is 4.99. The Morgan fingerprint density at radius 2 is 1.95 bits per heavy atom. The number of hydrogen-bond donors (Lipinski definition) is 1. The molecule has 2 rings (SSSR count). The summed E-state index contributed by atoms with van der Waals surface area (Å²) in [6.07, 6.45) is 5.34. The van der Waals surface area contributed by atoms with E-state index in [1.54, 1.807) is 6.20 Å². The topological polar surface area (TPSA) is 48.1 Å². The minimum atomic E-state index is 0.428. The number of ether oxygens (including phenoxy) is 1. The lowest BCUT2D eigenvalue weighted by atomic mass is 10.1. The fourth-order valence-corrected chi connectivity index (χ4v) is 2.04. The minimum Gasteiger partial charge on any atom is -0.457 e. The molecular weight excluding hydrogens is 248 g/mol. The van der Waals surface area contributed by atoms with E-state index in [4.69, 9.17) is 10.5 Å². The Morgan fingerprint density at radius 1 is 1.20 bits per heavy atom. The molecule has 0 fully saturated rings. The van der Waals surface area contributed by atoms with Crippen LogP contribution in [0.15, 0.2) is 36.5 Å². The zero-order valence-electron chi connectivity index (χ0n) is 12.2. The molecule has 1 aromatic carbocycles. The van der Waals surface area contributed by atoms with E-state index in [-0.39, 0.29) is 0 Å². The van der Waals surface area contributed by atoms with Crippen molar-refractivity contribution in [1.82, 2.24) is 4.98 Å². The molecule has 2 N–H and O–H groups in total. The first-order valence-corrected chi connectivity index (χ1v) is 7.15. The number of benzene rings is 1. The predicted octanol–water partition coefficient (Wildman–Crippen LogP) is 3.98. The molecule has 106 valence electrons. The van der Waals surface area contributed by atoms with Crippen LogP contribution in [-0.2, 0) is 13.0 Å². The predicted molar refractivity (Wildman–Crippen MR) is 82.0 cm³/mol. The maximum absolute atomic E-state index is 5.92. The van der Waals surface area contributed by atoms with E-state index in [0.29, 0.717) is 6.54 Å². The molecule has 0 amide bonds. The molecule has 1 heterocycles. The fraction of sp³-hybridized carbons (Fsp3) is 0.353. The van der Waals surface area contributed by atoms with Crippen LogP contribution >= 0.6 is 0 Å². The van der Waals surface area contributed by atoms with Gasteiger partial charge in [-0.2, -0.15) is 0 Å². The van der Waals surface area contributed by atoms with Gasteiger partial charge in [-0.25, -0.2) is 0 Å². The van der Waals surface area contributed by atoms with Crippen molar-refractivity contribution >= 4 is 0 Å². The van der Waals surface area contributed by atoms with Crippen LogP contribution in [0, 0.1) is 6.92 Å². The molecule has 20 heavy (non-hydrogen) atoms. The summed E-state index contributed by atoms with van der Waals surface area (Å²) in [6.45, 7) is 4.58. The van der Waals surface area contributed by atoms with Gasteiger partial charge < -0.3 is 10.5 Å². The highest BCUT2D eigenvalue weighted by molar-refractivity contribution is 5.38. The smallest absolute Gasteiger partial charge is 0.135 e. The molecule has 0 aliphatic carbocycles. The van der Waals surface area contributed by atoms with Crippen LogP contribution in [0.25, 0.3) is 0 Å². The summed E-state index contributed by atoms with van der Waals surface area (Å²) >= 11 is 0. The number of unbranched alkanes of at least 4 members (excludes halogenated alkanes) is 1. The van der Waals surface area contributed by atoms with Crippen molar-refractivity contribution in [3.63, 3.8) is 0 Å². The third-order valence-corrected chi connectivity index (χ3v) is 3.27. The second kappa shape index (κ2) is 7.06. The quantitative estimate of drug-likeness (QED) is 0.863. The average molecular weight is 270 g/mol. The molecule has 2 aromatic rings. The highest BCUT2D eigenvalue weighted by atomic mass is 16.5. The number of aryl methyl sites for hydroxylation is 2. The Kier molecular flexibility index (Phi) is 5.13. The van der Waals surface area contributed by atoms with Gasteiger partial charge in [-0.15, -0.1) is 0 Å². The van der Waals surface area contributed by atoms with Gasteiger partial charge in [-0.3, -0.25) is 4.98 Å². The van der Waals surface area contributed by atoms with Gasteiger partial charge in [0.15, 0.2) is 0 Å². The molecule has 0 aliphatic rings. The normalized spacial score (nSPS) is 10.6. The summed E-state index contributed by atoms with van der Waals surface area (Å²) in [4.78, 5) is 4.24. The Labute approximate surface area is 120 Å². The molecule has 0 saturated heterocycles. The van der Waals surface area contributed by atoms with Gasteiger partial charge in [0.25, 0.3) is 0 Å². The van der Waals surface area contributed by atoms with Gasteiger partial charge in [0.2, 0.25) is 0 Å². The first-order valence-electron chi connectivity index (χ1n) is 7.15. The van der Waals surface area contributed by atoms with E-state index in [0.717, 1.165) is 29.2 Å². The van der Waals surface area contributed by atoms with E-state index in [9.17, 15) is 0 Å². The highest BCUT2D eigenvalue weighted by Crippen LogP contribution is 2.25. The molecule has 0 unspecified atom stereocenters. The molecule has 3 nitrogen and oxygen atoms in total. The number of hydrogen-bond acceptors (Lipinski definition) is 3. The Bertz CT molecular complexity index is 549. The first kappa shape index (κ1) is 14.5. The lowest BCUT2D eigenvalue weighted by molar-refractivity contribution is 0.474. The summed E-state index contributed by atoms with van der Waals surface area (Å²) in [5, 5.41) is 0. The van der Waals surface area contributed by atoms with Crippen molar-refractivity contribution in [1.29, 1.82) is 0 Å². The van der Waals surface area contributed by atoms with E-state index in [1.165, 1.54) is 18.4 Å². The number of pyridine rings is 1. The molecule has 0 spiro atoms. The Morgan fingerprint density at radius 3 is 2.60 bits per heavy atom. The number of aromatic nitrogens is 1. The summed E-state index contributed by atoms with van der Waals surface area (Å²) in [7, 11) is 0. The lowest BCUT2D eigenvalue weighted by Crippen LogP contribution is -2.01. The molecule has 3 heteroatoms. The third kappa shape index (κ3) is 3.81. The van der Waals surface area contributed by atoms with Gasteiger partial charge in [0.1, 0.15) is 11.5 Å². The van der Waals surface area contributed by atoms with Crippen molar-refractivity contribution in [2.75, 3.05) is 0 Å². The average Bonchev–Trinajstić information content (AvgIpc) is 2.47. The monoisotopic (exact) mass is 270 g/mol. The van der Waals surface area contributed by atoms with Crippen LogP contribution in [0.4, 0.5) is 0 Å². The van der Waals surface area contributed by atoms with Crippen molar-refractivity contribution in [2.45, 2.75) is 39.7 Å². The summed E-state index contributed by atoms with van der Waals surface area (Å²) in [5.74, 6) is 1.63. The van der Waals surface area contributed by atoms with Crippen LogP contribution in [0.5, 0.6) is 11.5 Å². The van der Waals surface area contributed by atoms with E-state index >= 15 is 0 Å². The molecule has 1 aromatic heterocycles. The van der Waals surface area contributed by atoms with Gasteiger partial charge >= 0.3 is 0 Å². The summed E-state index contributed by atoms with van der Waals surface area (Å²) in [6, 6.07) is 10.2.